The molecule has 0 unspecified atom stereocenters. The van der Waals surface area contributed by atoms with Crippen molar-refractivity contribution in [1.82, 2.24) is 9.63 Å². The van der Waals surface area contributed by atoms with Crippen LogP contribution in [0.3, 0.4) is 0 Å². The number of thiophene rings is 1. The van der Waals surface area contributed by atoms with E-state index in [0.29, 0.717) is 6.61 Å². The molecule has 2 N–H and O–H groups in total. The molecule has 6 nitrogen and oxygen atoms in total. The van der Waals surface area contributed by atoms with Crippen LogP contribution in [-0.2, 0) is 0 Å². The first-order chi connectivity index (χ1) is 12.7. The molecule has 3 aromatic rings. The van der Waals surface area contributed by atoms with Crippen molar-refractivity contribution in [3.63, 3.8) is 0 Å². The summed E-state index contributed by atoms with van der Waals surface area (Å²) in [4.78, 5) is 10.3. The van der Waals surface area contributed by atoms with Crippen LogP contribution >= 0.6 is 11.3 Å². The standard InChI is InChI=1S/C19H23N3O3S/c23-18-5-6-19(24)22(18)25-13-2-8-20-9-11-21(12-10-20)16-3-1-4-17-15(16)7-14-26-17/h1,3-7,14,23-24H,2,8-13H2. The second-order valence-corrected chi connectivity index (χ2v) is 7.42. The minimum atomic E-state index is -0.0845. The first-order valence-electron chi connectivity index (χ1n) is 8.89. The Labute approximate surface area is 156 Å². The first kappa shape index (κ1) is 17.1. The fraction of sp³-hybridized carbons (Fsp3) is 0.368. The zero-order chi connectivity index (χ0) is 17.9. The summed E-state index contributed by atoms with van der Waals surface area (Å²) in [6.07, 6.45) is 0.844. The van der Waals surface area contributed by atoms with Crippen molar-refractivity contribution < 1.29 is 15.1 Å². The van der Waals surface area contributed by atoms with E-state index in [0.717, 1.165) is 43.9 Å². The van der Waals surface area contributed by atoms with Crippen LogP contribution in [0.5, 0.6) is 11.8 Å². The van der Waals surface area contributed by atoms with Gasteiger partial charge in [0.05, 0.1) is 0 Å². The molecule has 0 atom stereocenters. The Bertz CT molecular complexity index is 848. The van der Waals surface area contributed by atoms with Gasteiger partial charge in [-0.25, -0.2) is 0 Å². The van der Waals surface area contributed by atoms with Gasteiger partial charge in [0.2, 0.25) is 11.8 Å². The number of aromatic hydroxyl groups is 2. The second kappa shape index (κ2) is 7.47. The third kappa shape index (κ3) is 3.45. The van der Waals surface area contributed by atoms with Crippen molar-refractivity contribution in [2.45, 2.75) is 6.42 Å². The molecule has 1 aromatic carbocycles. The van der Waals surface area contributed by atoms with Crippen LogP contribution < -0.4 is 9.74 Å². The molecule has 0 saturated carbocycles. The van der Waals surface area contributed by atoms with E-state index in [4.69, 9.17) is 4.84 Å². The smallest absolute Gasteiger partial charge is 0.229 e. The van der Waals surface area contributed by atoms with Gasteiger partial charge in [-0.05, 0) is 30.0 Å². The van der Waals surface area contributed by atoms with Gasteiger partial charge in [0.25, 0.3) is 0 Å². The lowest BCUT2D eigenvalue weighted by atomic mass is 10.2. The number of anilines is 1. The van der Waals surface area contributed by atoms with Gasteiger partial charge in [-0.2, -0.15) is 0 Å². The van der Waals surface area contributed by atoms with Crippen LogP contribution in [0.2, 0.25) is 0 Å². The van der Waals surface area contributed by atoms with Crippen molar-refractivity contribution in [3.05, 3.63) is 41.8 Å². The topological polar surface area (TPSA) is 61.1 Å². The van der Waals surface area contributed by atoms with E-state index in [-0.39, 0.29) is 11.8 Å². The van der Waals surface area contributed by atoms with E-state index >= 15 is 0 Å². The number of nitrogens with zero attached hydrogens (tertiary/aromatic N) is 3. The van der Waals surface area contributed by atoms with E-state index in [1.165, 1.54) is 27.9 Å². The average Bonchev–Trinajstić information content (AvgIpc) is 3.26. The lowest BCUT2D eigenvalue weighted by Gasteiger charge is -2.36. The third-order valence-electron chi connectivity index (χ3n) is 4.82. The zero-order valence-corrected chi connectivity index (χ0v) is 15.4. The van der Waals surface area contributed by atoms with E-state index < -0.39 is 0 Å². The molecule has 1 aliphatic rings. The molecule has 7 heteroatoms. The molecule has 1 saturated heterocycles. The van der Waals surface area contributed by atoms with Crippen LogP contribution in [-0.4, -0.2) is 59.2 Å². The minimum absolute atomic E-state index is 0.0845. The summed E-state index contributed by atoms with van der Waals surface area (Å²) in [5.41, 5.74) is 1.34. The molecule has 0 amide bonds. The Morgan fingerprint density at radius 1 is 0.962 bits per heavy atom. The Morgan fingerprint density at radius 2 is 1.73 bits per heavy atom. The molecule has 0 bridgehead atoms. The number of hydrogen-bond acceptors (Lipinski definition) is 6. The number of hydrogen-bond donors (Lipinski definition) is 2. The highest BCUT2D eigenvalue weighted by molar-refractivity contribution is 7.17. The molecule has 4 rings (SSSR count). The van der Waals surface area contributed by atoms with Crippen molar-refractivity contribution in [1.29, 1.82) is 0 Å². The van der Waals surface area contributed by atoms with Gasteiger partial charge in [0, 0.05) is 60.6 Å². The van der Waals surface area contributed by atoms with Crippen LogP contribution in [0.4, 0.5) is 5.69 Å². The van der Waals surface area contributed by atoms with Gasteiger partial charge >= 0.3 is 0 Å². The number of piperazine rings is 1. The maximum absolute atomic E-state index is 9.54. The maximum Gasteiger partial charge on any atom is 0.229 e. The van der Waals surface area contributed by atoms with Crippen molar-refractivity contribution in [3.8, 4) is 11.8 Å². The summed E-state index contributed by atoms with van der Waals surface area (Å²) >= 11 is 1.79. The van der Waals surface area contributed by atoms with Crippen LogP contribution in [0.15, 0.2) is 41.8 Å². The first-order valence-corrected chi connectivity index (χ1v) is 9.77. The third-order valence-corrected chi connectivity index (χ3v) is 5.70. The highest BCUT2D eigenvalue weighted by atomic mass is 32.1. The molecule has 26 heavy (non-hydrogen) atoms. The highest BCUT2D eigenvalue weighted by Gasteiger charge is 2.18. The van der Waals surface area contributed by atoms with Crippen molar-refractivity contribution >= 4 is 27.1 Å². The van der Waals surface area contributed by atoms with Crippen LogP contribution in [0.25, 0.3) is 10.1 Å². The number of benzene rings is 1. The van der Waals surface area contributed by atoms with Gasteiger partial charge < -0.3 is 20.0 Å². The van der Waals surface area contributed by atoms with Crippen molar-refractivity contribution in [2.75, 3.05) is 44.2 Å². The Balaban J connectivity index is 1.25. The fourth-order valence-corrected chi connectivity index (χ4v) is 4.25. The molecular weight excluding hydrogens is 350 g/mol. The lowest BCUT2D eigenvalue weighted by molar-refractivity contribution is 0.0681. The summed E-state index contributed by atoms with van der Waals surface area (Å²) in [5.74, 6) is -0.169. The average molecular weight is 373 g/mol. The molecule has 0 spiro atoms. The van der Waals surface area contributed by atoms with Gasteiger partial charge in [0.1, 0.15) is 6.61 Å². The lowest BCUT2D eigenvalue weighted by Crippen LogP contribution is -2.46. The predicted molar refractivity (Wildman–Crippen MR) is 104 cm³/mol. The summed E-state index contributed by atoms with van der Waals surface area (Å²) in [7, 11) is 0. The normalized spacial score (nSPS) is 15.6. The summed E-state index contributed by atoms with van der Waals surface area (Å²) < 4.78 is 2.40. The van der Waals surface area contributed by atoms with Crippen molar-refractivity contribution in [2.24, 2.45) is 0 Å². The largest absolute Gasteiger partial charge is 0.492 e. The SMILES string of the molecule is Oc1ccc(O)n1OCCCN1CCN(c2cccc3sccc23)CC1. The van der Waals surface area contributed by atoms with Gasteiger partial charge in [-0.15, -0.1) is 16.1 Å². The molecule has 2 aromatic heterocycles. The quantitative estimate of drug-likeness (QED) is 0.651. The van der Waals surface area contributed by atoms with Crippen LogP contribution in [0.1, 0.15) is 6.42 Å². The number of rotatable bonds is 6. The fourth-order valence-electron chi connectivity index (χ4n) is 3.44. The number of aromatic nitrogens is 1. The molecule has 0 radical (unpaired) electrons. The molecule has 0 aliphatic carbocycles. The summed E-state index contributed by atoms with van der Waals surface area (Å²) in [5, 5.41) is 22.6. The molecule has 1 fully saturated rings. The van der Waals surface area contributed by atoms with E-state index in [1.807, 2.05) is 0 Å². The number of fused-ring (bicyclic) bond motifs is 1. The monoisotopic (exact) mass is 373 g/mol. The van der Waals surface area contributed by atoms with Crippen LogP contribution in [0, 0.1) is 0 Å². The molecule has 1 aliphatic heterocycles. The van der Waals surface area contributed by atoms with E-state index in [2.05, 4.69) is 39.4 Å². The maximum atomic E-state index is 9.54. The Hall–Kier alpha value is -2.38. The van der Waals surface area contributed by atoms with Gasteiger partial charge in [0.15, 0.2) is 0 Å². The highest BCUT2D eigenvalue weighted by Crippen LogP contribution is 2.31. The summed E-state index contributed by atoms with van der Waals surface area (Å²) in [6.45, 7) is 5.49. The van der Waals surface area contributed by atoms with E-state index in [1.54, 1.807) is 11.3 Å². The predicted octanol–water partition coefficient (Wildman–Crippen LogP) is 2.75. The molecule has 138 valence electrons. The minimum Gasteiger partial charge on any atom is -0.492 e. The Morgan fingerprint density at radius 3 is 2.50 bits per heavy atom. The summed E-state index contributed by atoms with van der Waals surface area (Å²) in [6, 6.07) is 11.6. The van der Waals surface area contributed by atoms with Gasteiger partial charge in [-0.3, -0.25) is 4.90 Å². The van der Waals surface area contributed by atoms with Gasteiger partial charge in [-0.1, -0.05) is 6.07 Å². The van der Waals surface area contributed by atoms with E-state index in [9.17, 15) is 10.2 Å². The molecular formula is C19H23N3O3S. The second-order valence-electron chi connectivity index (χ2n) is 6.47. The zero-order valence-electron chi connectivity index (χ0n) is 14.5. The Kier molecular flexibility index (Phi) is 4.90. The molecule has 3 heterocycles.